The number of piperidine rings is 3. The average molecular weight is 534 g/mol. The van der Waals surface area contributed by atoms with E-state index in [0.717, 1.165) is 30.8 Å². The minimum Gasteiger partial charge on any atom is -1.00 e. The molecule has 2 aromatic carbocycles. The Hall–Kier alpha value is -2.81. The van der Waals surface area contributed by atoms with Crippen LogP contribution in [0, 0.1) is 17.6 Å². The molecule has 3 fully saturated rings. The van der Waals surface area contributed by atoms with Crippen molar-refractivity contribution in [1.29, 1.82) is 0 Å². The van der Waals surface area contributed by atoms with Crippen molar-refractivity contribution in [1.82, 2.24) is 0 Å². The molecule has 6 rings (SSSR count). The Kier molecular flexibility index (Phi) is 8.07. The van der Waals surface area contributed by atoms with E-state index in [9.17, 15) is 18.4 Å². The Morgan fingerprint density at radius 2 is 1.61 bits per heavy atom. The maximum absolute atomic E-state index is 13.9. The van der Waals surface area contributed by atoms with Crippen LogP contribution in [0.4, 0.5) is 13.6 Å². The first-order valence-electron chi connectivity index (χ1n) is 11.7. The fourth-order valence-corrected chi connectivity index (χ4v) is 5.97. The van der Waals surface area contributed by atoms with Crippen LogP contribution in [0.5, 0.6) is 0 Å². The third-order valence-electron chi connectivity index (χ3n) is 7.08. The number of nitrogens with zero attached hydrogens (tertiary/aromatic N) is 1. The number of hydrogen-bond acceptors (Lipinski definition) is 5. The van der Waals surface area contributed by atoms with Gasteiger partial charge in [-0.1, -0.05) is 30.3 Å². The van der Waals surface area contributed by atoms with Gasteiger partial charge >= 0.3 is 6.16 Å². The fraction of sp³-hybridized carbons (Fsp3) is 0.333. The van der Waals surface area contributed by atoms with Crippen LogP contribution in [0.2, 0.25) is 0 Å². The Bertz CT molecular complexity index is 1170. The van der Waals surface area contributed by atoms with E-state index in [1.54, 1.807) is 12.1 Å². The second-order valence-corrected chi connectivity index (χ2v) is 10.3. The molecule has 3 saturated heterocycles. The second kappa shape index (κ2) is 11.1. The number of ether oxygens (including phenoxy) is 2. The van der Waals surface area contributed by atoms with Crippen molar-refractivity contribution in [3.63, 3.8) is 0 Å². The minimum atomic E-state index is -1.02. The molecule has 0 amide bonds. The summed E-state index contributed by atoms with van der Waals surface area (Å²) in [6.07, 6.45) is -0.537. The van der Waals surface area contributed by atoms with Gasteiger partial charge in [-0.25, -0.2) is 13.6 Å². The summed E-state index contributed by atoms with van der Waals surface area (Å²) in [6, 6.07) is 15.1. The number of quaternary nitrogens is 1. The average Bonchev–Trinajstić information content (AvgIpc) is 3.38. The molecule has 1 atom stereocenters. The standard InChI is InChI=1S/C27H26F2NO4S.ClH/c28-21-6-1-4-19(14-21)26(20-5-2-7-22(29)15-20)34-27(32)33-24-17-30(11-9-18(24)10-12-30)16-23(31)25-8-3-13-35-25;/h1-8,13-15,18,24,26H,9-12,16-17H2;1H/q+1;/p-1/t18?,24-,30?;/m0./s1. The summed E-state index contributed by atoms with van der Waals surface area (Å²) in [5, 5.41) is 1.89. The fourth-order valence-electron chi connectivity index (χ4n) is 5.31. The van der Waals surface area contributed by atoms with Crippen LogP contribution in [0.3, 0.4) is 0 Å². The quantitative estimate of drug-likeness (QED) is 0.266. The van der Waals surface area contributed by atoms with Crippen LogP contribution in [0.25, 0.3) is 0 Å². The van der Waals surface area contributed by atoms with Crippen molar-refractivity contribution in [2.45, 2.75) is 25.0 Å². The molecule has 0 spiro atoms. The predicted octanol–water partition coefficient (Wildman–Crippen LogP) is 2.76. The van der Waals surface area contributed by atoms with Crippen molar-refractivity contribution < 1.29 is 44.7 Å². The number of fused-ring (bicyclic) bond motifs is 3. The van der Waals surface area contributed by atoms with Gasteiger partial charge in [-0.2, -0.15) is 0 Å². The number of rotatable bonds is 7. The zero-order valence-corrected chi connectivity index (χ0v) is 21.0. The van der Waals surface area contributed by atoms with Crippen LogP contribution in [-0.4, -0.2) is 48.7 Å². The Labute approximate surface area is 218 Å². The number of ketones is 1. The molecule has 3 aliphatic rings. The van der Waals surface area contributed by atoms with Crippen molar-refractivity contribution in [2.24, 2.45) is 5.92 Å². The summed E-state index contributed by atoms with van der Waals surface area (Å²) in [6.45, 7) is 2.70. The molecule has 5 nitrogen and oxygen atoms in total. The lowest BCUT2D eigenvalue weighted by atomic mass is 9.83. The van der Waals surface area contributed by atoms with Crippen LogP contribution in [0.1, 0.15) is 39.7 Å². The minimum absolute atomic E-state index is 0. The normalized spacial score (nSPS) is 22.6. The lowest BCUT2D eigenvalue weighted by molar-refractivity contribution is -0.938. The number of benzene rings is 2. The van der Waals surface area contributed by atoms with Crippen molar-refractivity contribution >= 4 is 23.3 Å². The van der Waals surface area contributed by atoms with Gasteiger partial charge < -0.3 is 26.4 Å². The van der Waals surface area contributed by atoms with Gasteiger partial charge in [-0.05, 0) is 35.7 Å². The second-order valence-electron chi connectivity index (χ2n) is 9.38. The first-order valence-corrected chi connectivity index (χ1v) is 12.6. The van der Waals surface area contributed by atoms with E-state index < -0.39 is 23.9 Å². The molecule has 4 heterocycles. The van der Waals surface area contributed by atoms with E-state index in [4.69, 9.17) is 9.47 Å². The highest BCUT2D eigenvalue weighted by atomic mass is 35.5. The molecule has 0 unspecified atom stereocenters. The molecule has 2 bridgehead atoms. The summed E-state index contributed by atoms with van der Waals surface area (Å²) in [7, 11) is 0. The third-order valence-corrected chi connectivity index (χ3v) is 7.99. The lowest BCUT2D eigenvalue weighted by Crippen LogP contribution is -3.00. The van der Waals surface area contributed by atoms with Crippen LogP contribution in [-0.2, 0) is 9.47 Å². The Morgan fingerprint density at radius 3 is 2.17 bits per heavy atom. The summed E-state index contributed by atoms with van der Waals surface area (Å²) < 4.78 is 39.8. The van der Waals surface area contributed by atoms with Gasteiger partial charge in [0.15, 0.2) is 12.2 Å². The van der Waals surface area contributed by atoms with Gasteiger partial charge in [-0.3, -0.25) is 4.79 Å². The van der Waals surface area contributed by atoms with Gasteiger partial charge in [0, 0.05) is 29.9 Å². The Balaban J connectivity index is 0.00000304. The number of Topliss-reactive ketones (excluding diaryl/α,β-unsaturated/α-hetero) is 1. The highest BCUT2D eigenvalue weighted by molar-refractivity contribution is 7.12. The van der Waals surface area contributed by atoms with Crippen molar-refractivity contribution in [3.8, 4) is 0 Å². The third kappa shape index (κ3) is 5.77. The van der Waals surface area contributed by atoms with Crippen molar-refractivity contribution in [2.75, 3.05) is 26.2 Å². The van der Waals surface area contributed by atoms with Gasteiger partial charge in [0.05, 0.1) is 18.0 Å². The molecule has 36 heavy (non-hydrogen) atoms. The topological polar surface area (TPSA) is 52.6 Å². The predicted molar refractivity (Wildman–Crippen MR) is 127 cm³/mol. The molecule has 3 aromatic rings. The number of halogens is 3. The van der Waals surface area contributed by atoms with Gasteiger partial charge in [0.2, 0.25) is 5.78 Å². The number of thiophene rings is 1. The van der Waals surface area contributed by atoms with E-state index >= 15 is 0 Å². The molecule has 9 heteroatoms. The molecule has 190 valence electrons. The molecule has 1 aromatic heterocycles. The smallest absolute Gasteiger partial charge is 0.509 e. The summed E-state index contributed by atoms with van der Waals surface area (Å²) in [4.78, 5) is 26.5. The largest absolute Gasteiger partial charge is 1.00 e. The maximum Gasteiger partial charge on any atom is 0.509 e. The maximum atomic E-state index is 13.9. The monoisotopic (exact) mass is 533 g/mol. The SMILES string of the molecule is O=C(OC(c1cccc(F)c1)c1cccc(F)c1)O[C@H]1C[N+]2(CC(=O)c3cccs3)CCC1CC2.[Cl-]. The molecular weight excluding hydrogens is 508 g/mol. The summed E-state index contributed by atoms with van der Waals surface area (Å²) in [5.74, 6) is -0.652. The van der Waals surface area contributed by atoms with Gasteiger partial charge in [-0.15, -0.1) is 11.3 Å². The summed E-state index contributed by atoms with van der Waals surface area (Å²) in [5.41, 5.74) is 0.762. The molecule has 3 aliphatic heterocycles. The highest BCUT2D eigenvalue weighted by Gasteiger charge is 2.49. The van der Waals surface area contributed by atoms with E-state index in [0.29, 0.717) is 28.7 Å². The van der Waals surface area contributed by atoms with Gasteiger partial charge in [0.25, 0.3) is 0 Å². The van der Waals surface area contributed by atoms with E-state index in [2.05, 4.69) is 0 Å². The number of carbonyl (C=O) groups is 2. The molecule has 0 radical (unpaired) electrons. The zero-order valence-electron chi connectivity index (χ0n) is 19.4. The summed E-state index contributed by atoms with van der Waals surface area (Å²) >= 11 is 1.44. The molecule has 0 aliphatic carbocycles. The highest BCUT2D eigenvalue weighted by Crippen LogP contribution is 2.37. The lowest BCUT2D eigenvalue weighted by Gasteiger charge is -2.51. The first kappa shape index (κ1) is 26.3. The van der Waals surface area contributed by atoms with Crippen LogP contribution >= 0.6 is 11.3 Å². The zero-order chi connectivity index (χ0) is 24.4. The first-order chi connectivity index (χ1) is 16.9. The molecular formula is C27H26ClF2NO4S. The van der Waals surface area contributed by atoms with E-state index in [-0.39, 0.29) is 30.2 Å². The molecule has 0 saturated carbocycles. The van der Waals surface area contributed by atoms with E-state index in [1.165, 1.54) is 47.7 Å². The number of carbonyl (C=O) groups excluding carboxylic acids is 2. The van der Waals surface area contributed by atoms with Gasteiger partial charge in [0.1, 0.15) is 24.7 Å². The van der Waals surface area contributed by atoms with Crippen LogP contribution in [0.15, 0.2) is 66.0 Å². The van der Waals surface area contributed by atoms with Crippen molar-refractivity contribution in [3.05, 3.63) is 93.7 Å². The van der Waals surface area contributed by atoms with E-state index in [1.807, 2.05) is 17.5 Å². The van der Waals surface area contributed by atoms with Crippen LogP contribution < -0.4 is 12.4 Å². The Morgan fingerprint density at radius 1 is 0.972 bits per heavy atom. The molecule has 0 N–H and O–H groups in total. The number of hydrogen-bond donors (Lipinski definition) is 0.